The molecule has 0 aliphatic carbocycles. The molecule has 0 radical (unpaired) electrons. The molecule has 2 amide bonds. The number of pyridine rings is 1. The Kier molecular flexibility index (Phi) is 6.72. The van der Waals surface area contributed by atoms with Gasteiger partial charge in [-0.1, -0.05) is 97.1 Å². The van der Waals surface area contributed by atoms with Crippen LogP contribution in [0.15, 0.2) is 158 Å². The predicted molar refractivity (Wildman–Crippen MR) is 197 cm³/mol. The maximum atomic E-state index is 14.6. The van der Waals surface area contributed by atoms with Crippen LogP contribution in [-0.2, 0) is 0 Å². The molecule has 6 aromatic carbocycles. The minimum Gasteiger partial charge on any atom is -0.308 e. The van der Waals surface area contributed by atoms with E-state index in [9.17, 15) is 14.9 Å². The van der Waals surface area contributed by atoms with Crippen molar-refractivity contribution in [2.24, 2.45) is 0 Å². The van der Waals surface area contributed by atoms with Crippen LogP contribution in [-0.4, -0.2) is 21.4 Å². The number of imide groups is 1. The van der Waals surface area contributed by atoms with Crippen molar-refractivity contribution < 1.29 is 9.59 Å². The molecule has 1 aliphatic rings. The van der Waals surface area contributed by atoms with E-state index in [0.717, 1.165) is 49.6 Å². The second kappa shape index (κ2) is 11.6. The summed E-state index contributed by atoms with van der Waals surface area (Å²) in [6, 6.07) is 53.0. The molecule has 0 spiro atoms. The van der Waals surface area contributed by atoms with Crippen LogP contribution < -0.4 is 4.90 Å². The number of benzene rings is 6. The van der Waals surface area contributed by atoms with Crippen LogP contribution in [0.2, 0.25) is 0 Å². The van der Waals surface area contributed by atoms with Gasteiger partial charge in [-0.2, -0.15) is 5.26 Å². The minimum atomic E-state index is -0.370. The van der Waals surface area contributed by atoms with Crippen molar-refractivity contribution in [2.75, 3.05) is 4.90 Å². The number of hydrogen-bond acceptors (Lipinski definition) is 4. The van der Waals surface area contributed by atoms with Crippen molar-refractivity contribution >= 4 is 39.3 Å². The van der Waals surface area contributed by atoms with Crippen molar-refractivity contribution in [1.29, 1.82) is 5.26 Å². The summed E-state index contributed by atoms with van der Waals surface area (Å²) in [6.45, 7) is 0. The minimum absolute atomic E-state index is 0.350. The van der Waals surface area contributed by atoms with Gasteiger partial charge in [0.25, 0.3) is 11.8 Å². The zero-order valence-corrected chi connectivity index (χ0v) is 26.6. The molecule has 1 aliphatic heterocycles. The number of hydrogen-bond donors (Lipinski definition) is 0. The molecule has 234 valence electrons. The third kappa shape index (κ3) is 4.61. The van der Waals surface area contributed by atoms with E-state index in [1.165, 1.54) is 4.90 Å². The number of nitrogens with zero attached hydrogens (tertiary/aromatic N) is 4. The molecule has 0 N–H and O–H groups in total. The molecular weight excluding hydrogens is 617 g/mol. The van der Waals surface area contributed by atoms with E-state index < -0.39 is 0 Å². The number of anilines is 1. The Balaban J connectivity index is 1.21. The van der Waals surface area contributed by atoms with Crippen LogP contribution in [0, 0.1) is 11.3 Å². The highest BCUT2D eigenvalue weighted by Gasteiger charge is 2.39. The van der Waals surface area contributed by atoms with Gasteiger partial charge in [-0.15, -0.1) is 0 Å². The van der Waals surface area contributed by atoms with Gasteiger partial charge in [-0.25, -0.2) is 9.88 Å². The first-order valence-corrected chi connectivity index (χ1v) is 16.3. The lowest BCUT2D eigenvalue weighted by Crippen LogP contribution is -2.29. The zero-order chi connectivity index (χ0) is 33.8. The van der Waals surface area contributed by atoms with Crippen LogP contribution in [0.4, 0.5) is 5.69 Å². The molecule has 2 aromatic heterocycles. The normalized spacial score (nSPS) is 12.4. The maximum absolute atomic E-state index is 14.6. The van der Waals surface area contributed by atoms with Crippen molar-refractivity contribution in [2.45, 2.75) is 0 Å². The summed E-state index contributed by atoms with van der Waals surface area (Å²) in [6.07, 6.45) is 0. The highest BCUT2D eigenvalue weighted by atomic mass is 16.2. The largest absolute Gasteiger partial charge is 0.308 e. The van der Waals surface area contributed by atoms with E-state index in [1.54, 1.807) is 12.1 Å². The average Bonchev–Trinajstić information content (AvgIpc) is 3.65. The first kappa shape index (κ1) is 29.1. The summed E-state index contributed by atoms with van der Waals surface area (Å²) in [5, 5.41) is 11.4. The fourth-order valence-corrected chi connectivity index (χ4v) is 7.07. The van der Waals surface area contributed by atoms with Crippen LogP contribution in [0.3, 0.4) is 0 Å². The van der Waals surface area contributed by atoms with E-state index in [1.807, 2.05) is 127 Å². The van der Waals surface area contributed by atoms with Gasteiger partial charge in [0.2, 0.25) is 0 Å². The van der Waals surface area contributed by atoms with Crippen molar-refractivity contribution in [1.82, 2.24) is 9.55 Å². The van der Waals surface area contributed by atoms with Gasteiger partial charge >= 0.3 is 0 Å². The third-order valence-electron chi connectivity index (χ3n) is 9.36. The van der Waals surface area contributed by atoms with E-state index in [-0.39, 0.29) is 11.8 Å². The summed E-state index contributed by atoms with van der Waals surface area (Å²) >= 11 is 0. The van der Waals surface area contributed by atoms with Crippen molar-refractivity contribution in [3.05, 3.63) is 175 Å². The monoisotopic (exact) mass is 642 g/mol. The highest BCUT2D eigenvalue weighted by molar-refractivity contribution is 6.36. The Morgan fingerprint density at radius 2 is 1.18 bits per heavy atom. The number of nitriles is 1. The lowest BCUT2D eigenvalue weighted by atomic mass is 9.97. The van der Waals surface area contributed by atoms with Gasteiger partial charge in [-0.05, 0) is 82.9 Å². The van der Waals surface area contributed by atoms with Crippen LogP contribution in [0.5, 0.6) is 0 Å². The fraction of sp³-hybridized carbons (Fsp3) is 0. The van der Waals surface area contributed by atoms with Crippen LogP contribution in [0.25, 0.3) is 61.0 Å². The molecule has 6 nitrogen and oxygen atoms in total. The summed E-state index contributed by atoms with van der Waals surface area (Å²) < 4.78 is 2.07. The molecule has 50 heavy (non-hydrogen) atoms. The first-order chi connectivity index (χ1) is 24.6. The molecule has 0 unspecified atom stereocenters. The van der Waals surface area contributed by atoms with Crippen LogP contribution in [0.1, 0.15) is 26.4 Å². The average molecular weight is 643 g/mol. The molecule has 0 fully saturated rings. The molecule has 8 aromatic rings. The molecule has 3 heterocycles. The van der Waals surface area contributed by atoms with E-state index in [0.29, 0.717) is 33.9 Å². The van der Waals surface area contributed by atoms with Crippen LogP contribution >= 0.6 is 0 Å². The zero-order valence-electron chi connectivity index (χ0n) is 26.6. The summed E-state index contributed by atoms with van der Waals surface area (Å²) in [4.78, 5) is 34.7. The van der Waals surface area contributed by atoms with Gasteiger partial charge < -0.3 is 4.57 Å². The Hall–Kier alpha value is -7.10. The second-order valence-corrected chi connectivity index (χ2v) is 12.3. The number of aromatic nitrogens is 2. The third-order valence-corrected chi connectivity index (χ3v) is 9.36. The van der Waals surface area contributed by atoms with E-state index in [2.05, 4.69) is 33.8 Å². The van der Waals surface area contributed by atoms with Crippen molar-refractivity contribution in [3.8, 4) is 45.3 Å². The van der Waals surface area contributed by atoms with Gasteiger partial charge in [0.15, 0.2) is 0 Å². The van der Waals surface area contributed by atoms with Gasteiger partial charge in [0.1, 0.15) is 11.8 Å². The SMILES string of the molecule is N#Cc1cccc(-c2ccc3c(c2)c2ccccc2n3-c2cccc3c2C(=O)N(c2cc(-c4ccccc4)cc(-c4ccccc4)c2)C3=O)n1. The summed E-state index contributed by atoms with van der Waals surface area (Å²) in [7, 11) is 0. The van der Waals surface area contributed by atoms with E-state index in [4.69, 9.17) is 0 Å². The number of para-hydroxylation sites is 1. The Labute approximate surface area is 287 Å². The molecule has 9 rings (SSSR count). The van der Waals surface area contributed by atoms with Gasteiger partial charge in [-0.3, -0.25) is 9.59 Å². The smallest absolute Gasteiger partial charge is 0.268 e. The maximum Gasteiger partial charge on any atom is 0.268 e. The van der Waals surface area contributed by atoms with Gasteiger partial charge in [0.05, 0.1) is 39.2 Å². The molecule has 0 saturated heterocycles. The highest BCUT2D eigenvalue weighted by Crippen LogP contribution is 2.40. The second-order valence-electron chi connectivity index (χ2n) is 12.3. The Bertz CT molecular complexity index is 2650. The quantitative estimate of drug-likeness (QED) is 0.175. The molecule has 0 bridgehead atoms. The summed E-state index contributed by atoms with van der Waals surface area (Å²) in [5.74, 6) is -0.729. The van der Waals surface area contributed by atoms with Gasteiger partial charge in [0, 0.05) is 16.3 Å². The number of fused-ring (bicyclic) bond motifs is 4. The topological polar surface area (TPSA) is 79.0 Å². The lowest BCUT2D eigenvalue weighted by Gasteiger charge is -2.18. The number of rotatable bonds is 5. The lowest BCUT2D eigenvalue weighted by molar-refractivity contribution is 0.0926. The summed E-state index contributed by atoms with van der Waals surface area (Å²) in [5.41, 5.74) is 9.38. The number of amides is 2. The first-order valence-electron chi connectivity index (χ1n) is 16.3. The fourth-order valence-electron chi connectivity index (χ4n) is 7.07. The Morgan fingerprint density at radius 1 is 0.520 bits per heavy atom. The van der Waals surface area contributed by atoms with Crippen molar-refractivity contribution in [3.63, 3.8) is 0 Å². The standard InChI is InChI=1S/C44H26N4O2/c45-27-33-15-9-18-38(46-33)30-21-22-40-37(26-30)35-16-7-8-19-39(35)48(40)41-20-10-17-36-42(41)44(50)47(43(36)49)34-24-31(28-11-3-1-4-12-28)23-32(25-34)29-13-5-2-6-14-29/h1-26H. The number of carbonyl (C=O) groups is 2. The molecule has 0 saturated carbocycles. The molecular formula is C44H26N4O2. The van der Waals surface area contributed by atoms with E-state index >= 15 is 0 Å². The predicted octanol–water partition coefficient (Wildman–Crippen LogP) is 9.85. The number of carbonyl (C=O) groups excluding carboxylic acids is 2. The Morgan fingerprint density at radius 3 is 1.90 bits per heavy atom. The molecule has 0 atom stereocenters. The molecule has 6 heteroatoms.